The van der Waals surface area contributed by atoms with E-state index in [1.165, 1.54) is 0 Å². The molecule has 0 bridgehead atoms. The molecule has 0 amide bonds. The van der Waals surface area contributed by atoms with Crippen LogP contribution >= 0.6 is 34.8 Å². The van der Waals surface area contributed by atoms with Crippen molar-refractivity contribution in [3.63, 3.8) is 0 Å². The van der Waals surface area contributed by atoms with Crippen LogP contribution in [0.2, 0.25) is 0 Å². The predicted molar refractivity (Wildman–Crippen MR) is 30.3 cm³/mol. The Morgan fingerprint density at radius 1 is 1.17 bits per heavy atom. The van der Waals surface area contributed by atoms with Crippen molar-refractivity contribution in [1.29, 1.82) is 0 Å². The Kier molecular flexibility index (Phi) is 4.56. The maximum atomic E-state index is 5.29. The van der Waals surface area contributed by atoms with E-state index in [2.05, 4.69) is 0 Å². The van der Waals surface area contributed by atoms with Crippen molar-refractivity contribution in [3.8, 4) is 0 Å². The second-order valence-corrected chi connectivity index (χ2v) is 3.94. The maximum absolute atomic E-state index is 5.29. The van der Waals surface area contributed by atoms with Crippen molar-refractivity contribution in [2.45, 2.75) is 0 Å². The van der Waals surface area contributed by atoms with E-state index >= 15 is 0 Å². The molecule has 6 heavy (non-hydrogen) atoms. The van der Waals surface area contributed by atoms with E-state index in [1.54, 1.807) is 0 Å². The normalized spacial score (nSPS) is 8.17. The van der Waals surface area contributed by atoms with E-state index in [9.17, 15) is 0 Å². The van der Waals surface area contributed by atoms with Gasteiger partial charge in [0.25, 0.3) is 0 Å². The molecule has 0 aliphatic carbocycles. The van der Waals surface area contributed by atoms with Crippen LogP contribution in [0, 0.1) is 0 Å². The summed E-state index contributed by atoms with van der Waals surface area (Å²) in [5, 5.41) is 0. The standard InChI is InChI=1S/C2Cl3.Na/c3-1-2(4)5;. The Labute approximate surface area is 68.9 Å². The number of rotatable bonds is 0. The van der Waals surface area contributed by atoms with Crippen LogP contribution in [0.5, 0.6) is 0 Å². The molecule has 0 aromatic carbocycles. The second kappa shape index (κ2) is 3.59. The van der Waals surface area contributed by atoms with E-state index in [0.29, 0.717) is 2.28 Å². The Morgan fingerprint density at radius 2 is 1.33 bits per heavy atom. The summed E-state index contributed by atoms with van der Waals surface area (Å²) in [6, 6.07) is 0. The van der Waals surface area contributed by atoms with Crippen molar-refractivity contribution in [2.24, 2.45) is 0 Å². The number of hydrogen-bond donors (Lipinski definition) is 0. The zero-order chi connectivity index (χ0) is 5.15. The SMILES string of the molecule is [Na][C](Cl)=C(Cl)Cl. The Morgan fingerprint density at radius 3 is 1.33 bits per heavy atom. The van der Waals surface area contributed by atoms with Gasteiger partial charge in [-0.1, -0.05) is 0 Å². The fraction of sp³-hybridized carbons (Fsp3) is 0. The van der Waals surface area contributed by atoms with E-state index in [0.717, 1.165) is 27.9 Å². The molecule has 0 saturated carbocycles. The summed E-state index contributed by atoms with van der Waals surface area (Å²) in [6.07, 6.45) is 0. The topological polar surface area (TPSA) is 0 Å². The van der Waals surface area contributed by atoms with Crippen molar-refractivity contribution in [3.05, 3.63) is 6.77 Å². The van der Waals surface area contributed by atoms with Crippen LogP contribution in [0.1, 0.15) is 0 Å². The fourth-order valence-electron chi connectivity index (χ4n) is 0. The van der Waals surface area contributed by atoms with Gasteiger partial charge in [0, 0.05) is 0 Å². The van der Waals surface area contributed by atoms with Crippen LogP contribution in [0.3, 0.4) is 0 Å². The first-order chi connectivity index (χ1) is 2.64. The zero-order valence-corrected chi connectivity index (χ0v) is 7.40. The molecule has 0 fully saturated rings. The van der Waals surface area contributed by atoms with Gasteiger partial charge < -0.3 is 0 Å². The molecule has 0 aliphatic rings. The first-order valence-corrected chi connectivity index (χ1v) is 3.45. The summed E-state index contributed by atoms with van der Waals surface area (Å²) in [4.78, 5) is 0. The molecular formula is C2Cl3Na. The third-order valence-electron chi connectivity index (χ3n) is 0.260. The van der Waals surface area contributed by atoms with Gasteiger partial charge in [0.1, 0.15) is 0 Å². The van der Waals surface area contributed by atoms with Crippen LogP contribution in [0.15, 0.2) is 6.77 Å². The average molecular weight is 153 g/mol. The Hall–Kier alpha value is 1.61. The van der Waals surface area contributed by atoms with Crippen molar-refractivity contribution < 1.29 is 0 Å². The minimum absolute atomic E-state index is 0.198. The van der Waals surface area contributed by atoms with Crippen LogP contribution in [0.4, 0.5) is 0 Å². The molecule has 0 aromatic rings. The van der Waals surface area contributed by atoms with Crippen LogP contribution in [0.25, 0.3) is 0 Å². The average Bonchev–Trinajstić information content (AvgIpc) is 1.36. The zero-order valence-electron chi connectivity index (χ0n) is 3.13. The van der Waals surface area contributed by atoms with Gasteiger partial charge in [-0.15, -0.1) is 0 Å². The summed E-state index contributed by atoms with van der Waals surface area (Å²) in [7, 11) is 0. The van der Waals surface area contributed by atoms with Gasteiger partial charge in [0.15, 0.2) is 0 Å². The number of hydrogen-bond acceptors (Lipinski definition) is 0. The number of halogens is 3. The van der Waals surface area contributed by atoms with E-state index in [4.69, 9.17) is 34.8 Å². The van der Waals surface area contributed by atoms with E-state index in [-0.39, 0.29) is 4.49 Å². The van der Waals surface area contributed by atoms with Gasteiger partial charge in [0.2, 0.25) is 0 Å². The molecule has 0 heterocycles. The van der Waals surface area contributed by atoms with Gasteiger partial charge in [-0.3, -0.25) is 0 Å². The van der Waals surface area contributed by atoms with Crippen LogP contribution in [-0.2, 0) is 0 Å². The Bertz CT molecular complexity index is 58.9. The van der Waals surface area contributed by atoms with Gasteiger partial charge in [-0.05, 0) is 0 Å². The molecule has 0 aromatic heterocycles. The third-order valence-corrected chi connectivity index (χ3v) is 2.34. The molecule has 0 unspecified atom stereocenters. The van der Waals surface area contributed by atoms with E-state index in [1.807, 2.05) is 0 Å². The third kappa shape index (κ3) is 3.79. The first kappa shape index (κ1) is 7.61. The van der Waals surface area contributed by atoms with Crippen LogP contribution in [-0.4, -0.2) is 27.9 Å². The summed E-state index contributed by atoms with van der Waals surface area (Å²) >= 11 is 16.3. The molecule has 0 radical (unpaired) electrons. The first-order valence-electron chi connectivity index (χ1n) is 1.32. The predicted octanol–water partition coefficient (Wildman–Crippen LogP) is 2.00. The fourth-order valence-corrected chi connectivity index (χ4v) is 0. The van der Waals surface area contributed by atoms with Crippen LogP contribution < -0.4 is 0 Å². The molecule has 0 N–H and O–H groups in total. The molecule has 0 atom stereocenters. The summed E-state index contributed by atoms with van der Waals surface area (Å²) in [5.41, 5.74) is 0. The van der Waals surface area contributed by atoms with Gasteiger partial charge in [-0.25, -0.2) is 0 Å². The van der Waals surface area contributed by atoms with Gasteiger partial charge in [-0.2, -0.15) is 0 Å². The molecule has 0 aliphatic heterocycles. The monoisotopic (exact) mass is 152 g/mol. The van der Waals surface area contributed by atoms with Crippen molar-refractivity contribution in [1.82, 2.24) is 0 Å². The van der Waals surface area contributed by atoms with Gasteiger partial charge >= 0.3 is 69.5 Å². The molecule has 0 rings (SSSR count). The Balaban J connectivity index is 3.68. The molecule has 0 saturated heterocycles. The summed E-state index contributed by atoms with van der Waals surface area (Å²) < 4.78 is 0.765. The van der Waals surface area contributed by atoms with E-state index < -0.39 is 0 Å². The van der Waals surface area contributed by atoms with Gasteiger partial charge in [0.05, 0.1) is 0 Å². The van der Waals surface area contributed by atoms with Crippen molar-refractivity contribution in [2.75, 3.05) is 0 Å². The molecule has 0 nitrogen and oxygen atoms in total. The summed E-state index contributed by atoms with van der Waals surface area (Å²) in [5.74, 6) is 0. The molecule has 0 spiro atoms. The summed E-state index contributed by atoms with van der Waals surface area (Å²) in [6.45, 7) is 0. The van der Waals surface area contributed by atoms with Crippen molar-refractivity contribution >= 4 is 62.7 Å². The minimum atomic E-state index is 0.198. The molecule has 4 heteroatoms. The molecular weight excluding hydrogens is 153 g/mol. The second-order valence-electron chi connectivity index (χ2n) is 0.794. The quantitative estimate of drug-likeness (QED) is 0.467. The molecule has 30 valence electrons.